The highest BCUT2D eigenvalue weighted by atomic mass is 28.5. The number of unbranched alkanes of at least 4 members (excludes halogenated alkanes) is 4. The van der Waals surface area contributed by atoms with Crippen molar-refractivity contribution in [1.29, 1.82) is 0 Å². The Morgan fingerprint density at radius 1 is 0.379 bits per heavy atom. The van der Waals surface area contributed by atoms with Crippen LogP contribution in [0.25, 0.3) is 0 Å². The lowest BCUT2D eigenvalue weighted by Crippen LogP contribution is -2.56. The molecule has 0 aliphatic carbocycles. The van der Waals surface area contributed by atoms with E-state index in [1.54, 1.807) is 14.2 Å². The normalized spacial score (nSPS) is 11.8. The molecule has 0 heterocycles. The van der Waals surface area contributed by atoms with Crippen molar-refractivity contribution >= 4 is 76.8 Å². The Morgan fingerprint density at radius 3 is 0.724 bits per heavy atom. The van der Waals surface area contributed by atoms with Crippen LogP contribution in [0, 0.1) is 0 Å². The molecule has 0 aromatic carbocycles. The van der Waals surface area contributed by atoms with Crippen molar-refractivity contribution in [2.45, 2.75) is 234 Å². The van der Waals surface area contributed by atoms with Gasteiger partial charge in [0.25, 0.3) is 9.28 Å². The van der Waals surface area contributed by atoms with Crippen LogP contribution in [-0.2, 0) is 33.5 Å². The molecular weight excluding hydrogens is 873 g/mol. The van der Waals surface area contributed by atoms with E-state index in [-0.39, 0.29) is 59.4 Å². The van der Waals surface area contributed by atoms with Gasteiger partial charge in [-0.25, -0.2) is 0 Å². The summed E-state index contributed by atoms with van der Waals surface area (Å²) in [5.74, 6) is 0. The Morgan fingerprint density at radius 2 is 0.586 bits per heavy atom. The molecule has 366 valence electrons. The average molecular weight is 992 g/mol. The molecule has 0 rings (SSSR count). The second kappa shape index (κ2) is 38.6. The molecule has 0 N–H and O–H groups in total. The second-order valence-corrected chi connectivity index (χ2v) is 54.9. The Hall–Kier alpha value is 1.11. The van der Waals surface area contributed by atoms with Crippen LogP contribution in [0.3, 0.4) is 0 Å². The zero-order valence-electron chi connectivity index (χ0n) is 37.1. The number of allylic oxidation sites excluding steroid dienone is 2. The van der Waals surface area contributed by atoms with E-state index in [2.05, 4.69) is 138 Å². The summed E-state index contributed by atoms with van der Waals surface area (Å²) in [4.78, 5) is 0. The fourth-order valence-corrected chi connectivity index (χ4v) is 34.1. The summed E-state index contributed by atoms with van der Waals surface area (Å²) >= 11 is 0. The maximum Gasteiger partial charge on any atom is 0.479 e. The molecule has 0 aromatic heterocycles. The first-order valence-electron chi connectivity index (χ1n) is 18.7. The first-order valence-corrected chi connectivity index (χ1v) is 45.1. The van der Waals surface area contributed by atoms with Gasteiger partial charge in [-0.15, -0.1) is 13.2 Å². The van der Waals surface area contributed by atoms with Crippen molar-refractivity contribution < 1.29 is 33.5 Å². The van der Waals surface area contributed by atoms with E-state index in [0.29, 0.717) is 0 Å². The fourth-order valence-electron chi connectivity index (χ4n) is 4.77. The van der Waals surface area contributed by atoms with Crippen LogP contribution < -0.4 is 0 Å². The predicted molar refractivity (Wildman–Crippen MR) is 297 cm³/mol. The van der Waals surface area contributed by atoms with Gasteiger partial charge in [0.2, 0.25) is 0 Å². The molecule has 0 radical (unpaired) electrons. The summed E-state index contributed by atoms with van der Waals surface area (Å²) in [7, 11) is -12.9. The predicted octanol–water partition coefficient (Wildman–Crippen LogP) is 16.9. The summed E-state index contributed by atoms with van der Waals surface area (Å²) in [5, 5.41) is 0. The van der Waals surface area contributed by atoms with Crippen LogP contribution in [0.2, 0.25) is 136 Å². The maximum atomic E-state index is 6.56. The van der Waals surface area contributed by atoms with Crippen molar-refractivity contribution in [3.05, 3.63) is 25.3 Å². The Bertz CT molecular complexity index is 802. The van der Waals surface area contributed by atoms with E-state index < -0.39 is 76.8 Å². The molecular formula is C41H118O8Si9. The van der Waals surface area contributed by atoms with Crippen molar-refractivity contribution in [1.82, 2.24) is 0 Å². The number of rotatable bonds is 24. The molecule has 0 atom stereocenters. The molecule has 0 bridgehead atoms. The molecule has 0 saturated carbocycles. The lowest BCUT2D eigenvalue weighted by atomic mass is 10.2. The topological polar surface area (TPSA) is 73.8 Å². The minimum absolute atomic E-state index is 0. The molecule has 8 nitrogen and oxygen atoms in total. The van der Waals surface area contributed by atoms with E-state index in [1.165, 1.54) is 0 Å². The van der Waals surface area contributed by atoms with E-state index in [9.17, 15) is 0 Å². The van der Waals surface area contributed by atoms with E-state index in [4.69, 9.17) is 33.5 Å². The molecule has 0 unspecified atom stereocenters. The summed E-state index contributed by atoms with van der Waals surface area (Å²) in [6, 6.07) is 1.78. The van der Waals surface area contributed by atoms with Gasteiger partial charge < -0.3 is 33.5 Å². The lowest BCUT2D eigenvalue weighted by Gasteiger charge is -2.39. The molecule has 0 spiro atoms. The summed E-state index contributed by atoms with van der Waals surface area (Å²) in [5.41, 5.74) is 0. The first kappa shape index (κ1) is 86.2. The second-order valence-electron chi connectivity index (χ2n) is 18.7. The largest absolute Gasteiger partial charge is 0.479 e. The van der Waals surface area contributed by atoms with Gasteiger partial charge in [0.15, 0.2) is 49.9 Å². The molecule has 58 heavy (non-hydrogen) atoms. The highest BCUT2D eigenvalue weighted by Crippen LogP contribution is 2.30. The van der Waals surface area contributed by atoms with Crippen LogP contribution in [-0.4, -0.2) is 91.0 Å². The van der Waals surface area contributed by atoms with Crippen molar-refractivity contribution in [2.75, 3.05) is 14.2 Å². The summed E-state index contributed by atoms with van der Waals surface area (Å²) in [6.07, 6.45) is 10.3. The van der Waals surface area contributed by atoms with E-state index in [1.807, 2.05) is 12.2 Å². The van der Waals surface area contributed by atoms with Gasteiger partial charge in [0.05, 0.1) is 0 Å². The summed E-state index contributed by atoms with van der Waals surface area (Å²) < 4.78 is 50.1. The third-order valence-electron chi connectivity index (χ3n) is 5.80. The van der Waals surface area contributed by atoms with Gasteiger partial charge in [-0.05, 0) is 150 Å². The molecule has 0 aromatic rings. The number of hydrogen-bond donors (Lipinski definition) is 0. The van der Waals surface area contributed by atoms with Gasteiger partial charge in [-0.2, -0.15) is 0 Å². The fraction of sp³-hybridized carbons (Fsp3) is 0.902. The van der Waals surface area contributed by atoms with Crippen LogP contribution in [0.4, 0.5) is 0 Å². The van der Waals surface area contributed by atoms with Gasteiger partial charge in [0, 0.05) is 26.3 Å². The van der Waals surface area contributed by atoms with Crippen LogP contribution in [0.1, 0.15) is 97.9 Å². The van der Waals surface area contributed by atoms with Crippen molar-refractivity contribution in [2.24, 2.45) is 0 Å². The molecule has 0 fully saturated rings. The molecule has 0 aliphatic rings. The number of hydrogen-bond acceptors (Lipinski definition) is 8. The van der Waals surface area contributed by atoms with Gasteiger partial charge in [-0.1, -0.05) is 84.4 Å². The van der Waals surface area contributed by atoms with Gasteiger partial charge in [0.1, 0.15) is 0 Å². The van der Waals surface area contributed by atoms with E-state index >= 15 is 0 Å². The van der Waals surface area contributed by atoms with Crippen LogP contribution >= 0.6 is 0 Å². The van der Waals surface area contributed by atoms with Gasteiger partial charge in [-0.3, -0.25) is 0 Å². The quantitative estimate of drug-likeness (QED) is 0.0538. The minimum Gasteiger partial charge on any atom is -0.439 e. The Balaban J connectivity index is -0.0000000798. The SMILES string of the molecule is C.C.C.C.C.C.C.C.C=CCCC=C.CO[Si](CCCCCC[Si](OC)(O[Si](C)(C)C)O[Si](C)(C)C)(O[Si](C)(C)C)O[Si](C)(C)C.C[SiH](O[Si](C)(C)C)O[Si](C)(C)C. The zero-order valence-corrected chi connectivity index (χ0v) is 46.2. The molecule has 17 heteroatoms. The maximum absolute atomic E-state index is 6.56. The van der Waals surface area contributed by atoms with Crippen LogP contribution in [0.5, 0.6) is 0 Å². The average Bonchev–Trinajstić information content (AvgIpc) is 2.84. The Kier molecular flexibility index (Phi) is 57.3. The van der Waals surface area contributed by atoms with E-state index in [0.717, 1.165) is 50.6 Å². The third kappa shape index (κ3) is 59.2. The van der Waals surface area contributed by atoms with Crippen LogP contribution in [0.15, 0.2) is 25.3 Å². The smallest absolute Gasteiger partial charge is 0.439 e. The molecule has 0 amide bonds. The Labute approximate surface area is 382 Å². The standard InChI is InChI=1S/C20H54O6Si6.C7H22O2Si3.C6H10.8CH4/c1-21-31(23-27(3,4)5,24-28(6,7)8)19-17-15-16-18-20-32(22-2,25-29(9,10)11)26-30(12,13)14;1-10(8-11(2,3)4)9-12(5,6)7;1-3-5-6-4-2;;;;;;;;/h15-20H2,1-14H3;10H,1-7H3;3-4H,1-2,5-6H2;8*1H4. The third-order valence-corrected chi connectivity index (χ3v) is 32.1. The molecule has 0 saturated heterocycles. The van der Waals surface area contributed by atoms with Crippen molar-refractivity contribution in [3.63, 3.8) is 0 Å². The molecule has 0 aliphatic heterocycles. The first-order chi connectivity index (χ1) is 22.2. The highest BCUT2D eigenvalue weighted by Gasteiger charge is 2.47. The lowest BCUT2D eigenvalue weighted by molar-refractivity contribution is 0.194. The summed E-state index contributed by atoms with van der Waals surface area (Å²) in [6.45, 7) is 49.1. The monoisotopic (exact) mass is 991 g/mol. The van der Waals surface area contributed by atoms with Crippen molar-refractivity contribution in [3.8, 4) is 0 Å². The zero-order chi connectivity index (χ0) is 40.3. The van der Waals surface area contributed by atoms with Gasteiger partial charge >= 0.3 is 17.6 Å². The highest BCUT2D eigenvalue weighted by molar-refractivity contribution is 6.86. The minimum atomic E-state index is -2.64.